The van der Waals surface area contributed by atoms with Crippen molar-refractivity contribution in [2.45, 2.75) is 44.3 Å². The van der Waals surface area contributed by atoms with E-state index in [9.17, 15) is 14.0 Å². The summed E-state index contributed by atoms with van der Waals surface area (Å²) in [5, 5.41) is 12.9. The van der Waals surface area contributed by atoms with Crippen LogP contribution in [0.2, 0.25) is 0 Å². The summed E-state index contributed by atoms with van der Waals surface area (Å²) in [5.41, 5.74) is 1.64. The Morgan fingerprint density at radius 1 is 1.25 bits per heavy atom. The van der Waals surface area contributed by atoms with Crippen molar-refractivity contribution in [1.82, 2.24) is 20.1 Å². The summed E-state index contributed by atoms with van der Waals surface area (Å²) in [6, 6.07) is 6.42. The Hall–Kier alpha value is -2.61. The van der Waals surface area contributed by atoms with Crippen LogP contribution < -0.4 is 5.32 Å². The number of amides is 3. The van der Waals surface area contributed by atoms with Crippen LogP contribution in [0.15, 0.2) is 24.3 Å². The lowest BCUT2D eigenvalue weighted by molar-refractivity contribution is -0.136. The molecule has 4 rings (SSSR count). The van der Waals surface area contributed by atoms with Gasteiger partial charge in [-0.2, -0.15) is 0 Å². The summed E-state index contributed by atoms with van der Waals surface area (Å²) in [4.78, 5) is 31.4. The van der Waals surface area contributed by atoms with Crippen LogP contribution in [0.1, 0.15) is 31.4 Å². The first-order valence-corrected chi connectivity index (χ1v) is 9.77. The molecule has 0 spiro atoms. The normalized spacial score (nSPS) is 19.6. The Morgan fingerprint density at radius 3 is 2.82 bits per heavy atom. The van der Waals surface area contributed by atoms with Gasteiger partial charge in [-0.15, -0.1) is 0 Å². The third-order valence-corrected chi connectivity index (χ3v) is 5.52. The van der Waals surface area contributed by atoms with E-state index in [-0.39, 0.29) is 29.8 Å². The average molecular weight is 388 g/mol. The summed E-state index contributed by atoms with van der Waals surface area (Å²) >= 11 is 0. The highest BCUT2D eigenvalue weighted by atomic mass is 19.1. The molecule has 7 nitrogen and oxygen atoms in total. The van der Waals surface area contributed by atoms with Crippen molar-refractivity contribution in [2.75, 3.05) is 19.7 Å². The lowest BCUT2D eigenvalue weighted by Gasteiger charge is -2.39. The van der Waals surface area contributed by atoms with Crippen molar-refractivity contribution in [2.24, 2.45) is 0 Å². The van der Waals surface area contributed by atoms with Crippen LogP contribution in [0, 0.1) is 5.82 Å². The Morgan fingerprint density at radius 2 is 2.07 bits per heavy atom. The van der Waals surface area contributed by atoms with Gasteiger partial charge in [0.2, 0.25) is 5.91 Å². The van der Waals surface area contributed by atoms with Crippen LogP contribution >= 0.6 is 0 Å². The molecule has 1 atom stereocenters. The molecule has 1 aliphatic heterocycles. The van der Waals surface area contributed by atoms with Crippen LogP contribution in [-0.4, -0.2) is 63.6 Å². The minimum Gasteiger partial charge on any atom is -0.387 e. The predicted molar refractivity (Wildman–Crippen MR) is 102 cm³/mol. The Balaban J connectivity index is 1.41. The summed E-state index contributed by atoms with van der Waals surface area (Å²) in [6.07, 6.45) is 3.62. The van der Waals surface area contributed by atoms with Crippen molar-refractivity contribution in [1.29, 1.82) is 0 Å². The van der Waals surface area contributed by atoms with Crippen LogP contribution in [0.25, 0.3) is 10.9 Å². The number of aromatic nitrogens is 1. The van der Waals surface area contributed by atoms with E-state index in [0.717, 1.165) is 42.3 Å². The molecule has 3 amide bonds. The van der Waals surface area contributed by atoms with Gasteiger partial charge in [0.25, 0.3) is 0 Å². The second kappa shape index (κ2) is 7.79. The van der Waals surface area contributed by atoms with Crippen LogP contribution in [-0.2, 0) is 11.3 Å². The molecule has 150 valence electrons. The smallest absolute Gasteiger partial charge is 0.318 e. The molecule has 2 fully saturated rings. The number of hydrogen-bond donors (Lipinski definition) is 3. The van der Waals surface area contributed by atoms with Gasteiger partial charge in [-0.1, -0.05) is 0 Å². The summed E-state index contributed by atoms with van der Waals surface area (Å²) < 4.78 is 13.3. The molecule has 28 heavy (non-hydrogen) atoms. The van der Waals surface area contributed by atoms with Crippen molar-refractivity contribution < 1.29 is 19.1 Å². The lowest BCUT2D eigenvalue weighted by Crippen LogP contribution is -2.55. The fourth-order valence-corrected chi connectivity index (χ4v) is 4.01. The Bertz CT molecular complexity index is 879. The monoisotopic (exact) mass is 388 g/mol. The number of H-pyrrole nitrogens is 1. The summed E-state index contributed by atoms with van der Waals surface area (Å²) in [6.45, 7) is 0.921. The molecule has 1 saturated carbocycles. The largest absolute Gasteiger partial charge is 0.387 e. The van der Waals surface area contributed by atoms with E-state index in [2.05, 4.69) is 10.3 Å². The van der Waals surface area contributed by atoms with Gasteiger partial charge < -0.3 is 25.2 Å². The standard InChI is InChI=1S/C20H25FN4O3/c21-14-3-6-18-13(8-14)9-15(23-18)10-22-20(28)25(16-4-5-16)17-2-1-7-24(11-17)19(27)12-26/h3,6,8-9,16-17,23,26H,1-2,4-5,7,10-12H2,(H,22,28)/t17-/m1/s1. The number of carbonyl (C=O) groups is 2. The van der Waals surface area contributed by atoms with E-state index in [1.54, 1.807) is 11.0 Å². The minimum absolute atomic E-state index is 0.0337. The fraction of sp³-hybridized carbons (Fsp3) is 0.500. The van der Waals surface area contributed by atoms with Gasteiger partial charge in [0.05, 0.1) is 12.6 Å². The molecule has 1 aromatic heterocycles. The number of benzene rings is 1. The van der Waals surface area contributed by atoms with Gasteiger partial charge in [-0.05, 0) is 49.9 Å². The van der Waals surface area contributed by atoms with Gasteiger partial charge in [0.1, 0.15) is 12.4 Å². The van der Waals surface area contributed by atoms with Crippen LogP contribution in [0.3, 0.4) is 0 Å². The molecule has 0 bridgehead atoms. The third-order valence-electron chi connectivity index (χ3n) is 5.52. The Kier molecular flexibility index (Phi) is 5.21. The molecule has 2 heterocycles. The number of aliphatic hydroxyl groups excluding tert-OH is 1. The number of rotatable bonds is 5. The van der Waals surface area contributed by atoms with E-state index < -0.39 is 6.61 Å². The van der Waals surface area contributed by atoms with Crippen molar-refractivity contribution in [3.05, 3.63) is 35.8 Å². The number of hydrogen-bond acceptors (Lipinski definition) is 3. The maximum atomic E-state index is 13.3. The second-order valence-corrected chi connectivity index (χ2v) is 7.62. The van der Waals surface area contributed by atoms with Gasteiger partial charge in [0, 0.05) is 35.7 Å². The van der Waals surface area contributed by atoms with E-state index in [0.29, 0.717) is 19.6 Å². The molecular weight excluding hydrogens is 363 g/mol. The highest BCUT2D eigenvalue weighted by Gasteiger charge is 2.39. The summed E-state index contributed by atoms with van der Waals surface area (Å²) in [7, 11) is 0. The fourth-order valence-electron chi connectivity index (χ4n) is 4.01. The van der Waals surface area contributed by atoms with E-state index in [1.165, 1.54) is 12.1 Å². The van der Waals surface area contributed by atoms with E-state index in [4.69, 9.17) is 5.11 Å². The zero-order valence-electron chi connectivity index (χ0n) is 15.7. The number of urea groups is 1. The molecule has 0 unspecified atom stereocenters. The number of halogens is 1. The van der Waals surface area contributed by atoms with Crippen molar-refractivity contribution >= 4 is 22.8 Å². The molecule has 1 aromatic carbocycles. The zero-order valence-corrected chi connectivity index (χ0v) is 15.7. The van der Waals surface area contributed by atoms with E-state index >= 15 is 0 Å². The first-order chi connectivity index (χ1) is 13.5. The molecule has 8 heteroatoms. The molecule has 2 aromatic rings. The molecule has 1 aliphatic carbocycles. The van der Waals surface area contributed by atoms with Crippen LogP contribution in [0.4, 0.5) is 9.18 Å². The van der Waals surface area contributed by atoms with Crippen molar-refractivity contribution in [3.8, 4) is 0 Å². The highest BCUT2D eigenvalue weighted by Crippen LogP contribution is 2.31. The molecule has 1 saturated heterocycles. The topological polar surface area (TPSA) is 88.7 Å². The number of nitrogens with one attached hydrogen (secondary N) is 2. The van der Waals surface area contributed by atoms with Crippen molar-refractivity contribution in [3.63, 3.8) is 0 Å². The zero-order chi connectivity index (χ0) is 19.7. The van der Waals surface area contributed by atoms with Gasteiger partial charge in [-0.3, -0.25) is 4.79 Å². The maximum Gasteiger partial charge on any atom is 0.318 e. The molecule has 0 radical (unpaired) electrons. The van der Waals surface area contributed by atoms with Gasteiger partial charge in [-0.25, -0.2) is 9.18 Å². The maximum absolute atomic E-state index is 13.3. The SMILES string of the molecule is O=C(CO)N1CCC[C@@H](N(C(=O)NCc2cc3cc(F)ccc3[nH]2)C2CC2)C1. The number of aliphatic hydroxyl groups is 1. The number of nitrogens with zero attached hydrogens (tertiary/aromatic N) is 2. The lowest BCUT2D eigenvalue weighted by atomic mass is 10.0. The predicted octanol–water partition coefficient (Wildman–Crippen LogP) is 1.96. The first-order valence-electron chi connectivity index (χ1n) is 9.77. The van der Waals surface area contributed by atoms with E-state index in [1.807, 2.05) is 11.0 Å². The third kappa shape index (κ3) is 3.96. The van der Waals surface area contributed by atoms with Gasteiger partial charge in [0.15, 0.2) is 0 Å². The Labute approximate surface area is 162 Å². The van der Waals surface area contributed by atoms with Crippen LogP contribution in [0.5, 0.6) is 0 Å². The highest BCUT2D eigenvalue weighted by molar-refractivity contribution is 5.81. The molecule has 3 N–H and O–H groups in total. The number of aromatic amines is 1. The first kappa shape index (κ1) is 18.7. The molecule has 2 aliphatic rings. The minimum atomic E-state index is -0.497. The number of carbonyl (C=O) groups excluding carboxylic acids is 2. The quantitative estimate of drug-likeness (QED) is 0.732. The summed E-state index contributed by atoms with van der Waals surface area (Å²) in [5.74, 6) is -0.576. The number of likely N-dealkylation sites (tertiary alicyclic amines) is 1. The van der Waals surface area contributed by atoms with Gasteiger partial charge >= 0.3 is 6.03 Å². The number of fused-ring (bicyclic) bond motifs is 1. The number of piperidine rings is 1. The molecular formula is C20H25FN4O3. The average Bonchev–Trinajstić information content (AvgIpc) is 3.44. The second-order valence-electron chi connectivity index (χ2n) is 7.62.